The average Bonchev–Trinajstić information content (AvgIpc) is 3.06. The average molecular weight is 395 g/mol. The maximum atomic E-state index is 13.0. The van der Waals surface area contributed by atoms with Gasteiger partial charge in [0.2, 0.25) is 0 Å². The maximum absolute atomic E-state index is 13.0. The first-order valence-electron chi connectivity index (χ1n) is 7.46. The number of thiazole rings is 1. The fourth-order valence-corrected chi connectivity index (χ4v) is 3.45. The van der Waals surface area contributed by atoms with Crippen LogP contribution in [0.25, 0.3) is 10.6 Å². The molecule has 25 heavy (non-hydrogen) atoms. The van der Waals surface area contributed by atoms with Crippen LogP contribution in [0, 0.1) is 5.82 Å². The molecule has 1 amide bonds. The van der Waals surface area contributed by atoms with Gasteiger partial charge in [0.05, 0.1) is 16.3 Å². The van der Waals surface area contributed by atoms with Crippen LogP contribution in [0.4, 0.5) is 4.39 Å². The Morgan fingerprint density at radius 3 is 2.68 bits per heavy atom. The molecule has 1 heterocycles. The lowest BCUT2D eigenvalue weighted by molar-refractivity contribution is 0.0954. The number of rotatable bonds is 5. The van der Waals surface area contributed by atoms with Crippen LogP contribution >= 0.6 is 34.5 Å². The summed E-state index contributed by atoms with van der Waals surface area (Å²) in [6.45, 7) is 0.425. The molecular weight excluding hydrogens is 382 g/mol. The van der Waals surface area contributed by atoms with Crippen LogP contribution in [0.5, 0.6) is 0 Å². The smallest absolute Gasteiger partial charge is 0.252 e. The van der Waals surface area contributed by atoms with Crippen molar-refractivity contribution in [2.45, 2.75) is 6.42 Å². The van der Waals surface area contributed by atoms with E-state index in [1.54, 1.807) is 24.3 Å². The Morgan fingerprint density at radius 2 is 1.92 bits per heavy atom. The number of nitrogens with zero attached hydrogens (tertiary/aromatic N) is 1. The van der Waals surface area contributed by atoms with Crippen LogP contribution in [0.15, 0.2) is 47.8 Å². The lowest BCUT2D eigenvalue weighted by atomic mass is 10.2. The topological polar surface area (TPSA) is 42.0 Å². The van der Waals surface area contributed by atoms with Gasteiger partial charge in [0.25, 0.3) is 5.91 Å². The van der Waals surface area contributed by atoms with Crippen molar-refractivity contribution in [1.29, 1.82) is 0 Å². The molecule has 0 aliphatic rings. The third-order valence-corrected chi connectivity index (χ3v) is 4.99. The molecule has 7 heteroatoms. The molecule has 0 aliphatic carbocycles. The fourth-order valence-electron chi connectivity index (χ4n) is 2.22. The molecule has 0 spiro atoms. The lowest BCUT2D eigenvalue weighted by Crippen LogP contribution is -2.26. The minimum absolute atomic E-state index is 0.275. The zero-order valence-electron chi connectivity index (χ0n) is 12.9. The minimum Gasteiger partial charge on any atom is -0.352 e. The van der Waals surface area contributed by atoms with Crippen LogP contribution < -0.4 is 5.32 Å². The van der Waals surface area contributed by atoms with E-state index in [2.05, 4.69) is 10.3 Å². The second-order valence-corrected chi connectivity index (χ2v) is 6.98. The Balaban J connectivity index is 1.58. The Hall–Kier alpha value is -1.95. The molecule has 3 aromatic rings. The highest BCUT2D eigenvalue weighted by Gasteiger charge is 2.11. The third kappa shape index (κ3) is 4.57. The van der Waals surface area contributed by atoms with Crippen molar-refractivity contribution in [3.8, 4) is 10.6 Å². The standard InChI is InChI=1S/C18H13Cl2FN2OS/c19-12-3-6-16(20)15(9-12)17(24)22-8-7-14-10-25-18(23-14)11-1-4-13(21)5-2-11/h1-6,9-10H,7-8H2,(H,22,24). The molecule has 0 radical (unpaired) electrons. The van der Waals surface area contributed by atoms with E-state index in [1.807, 2.05) is 5.38 Å². The minimum atomic E-state index is -0.276. The highest BCUT2D eigenvalue weighted by atomic mass is 35.5. The van der Waals surface area contributed by atoms with Crippen molar-refractivity contribution >= 4 is 40.4 Å². The first-order chi connectivity index (χ1) is 12.0. The molecule has 1 aromatic heterocycles. The summed E-state index contributed by atoms with van der Waals surface area (Å²) in [6.07, 6.45) is 0.585. The van der Waals surface area contributed by atoms with E-state index >= 15 is 0 Å². The van der Waals surface area contributed by atoms with Gasteiger partial charge in [-0.3, -0.25) is 4.79 Å². The number of carbonyl (C=O) groups is 1. The number of carbonyl (C=O) groups excluding carboxylic acids is 1. The van der Waals surface area contributed by atoms with E-state index in [0.29, 0.717) is 28.6 Å². The van der Waals surface area contributed by atoms with Crippen LogP contribution in [0.3, 0.4) is 0 Å². The molecule has 128 valence electrons. The van der Waals surface area contributed by atoms with Gasteiger partial charge in [-0.25, -0.2) is 9.37 Å². The van der Waals surface area contributed by atoms with Gasteiger partial charge < -0.3 is 5.32 Å². The van der Waals surface area contributed by atoms with Crippen molar-refractivity contribution in [2.75, 3.05) is 6.54 Å². The Labute approximate surface area is 158 Å². The Kier molecular flexibility index (Phi) is 5.68. The van der Waals surface area contributed by atoms with Gasteiger partial charge >= 0.3 is 0 Å². The van der Waals surface area contributed by atoms with Gasteiger partial charge in [-0.1, -0.05) is 23.2 Å². The van der Waals surface area contributed by atoms with Gasteiger partial charge in [-0.2, -0.15) is 0 Å². The molecule has 0 bridgehead atoms. The first kappa shape index (κ1) is 17.9. The monoisotopic (exact) mass is 394 g/mol. The van der Waals surface area contributed by atoms with Crippen molar-refractivity contribution in [1.82, 2.24) is 10.3 Å². The molecule has 1 N–H and O–H groups in total. The highest BCUT2D eigenvalue weighted by molar-refractivity contribution is 7.13. The number of halogens is 3. The number of hydrogen-bond acceptors (Lipinski definition) is 3. The molecule has 2 aromatic carbocycles. The van der Waals surface area contributed by atoms with Crippen molar-refractivity contribution in [3.63, 3.8) is 0 Å². The number of amides is 1. The van der Waals surface area contributed by atoms with Gasteiger partial charge in [0, 0.05) is 28.9 Å². The van der Waals surface area contributed by atoms with Crippen LogP contribution in [0.2, 0.25) is 10.0 Å². The van der Waals surface area contributed by atoms with E-state index in [-0.39, 0.29) is 11.7 Å². The number of hydrogen-bond donors (Lipinski definition) is 1. The summed E-state index contributed by atoms with van der Waals surface area (Å²) in [5.74, 6) is -0.551. The SMILES string of the molecule is O=C(NCCc1csc(-c2ccc(F)cc2)n1)c1cc(Cl)ccc1Cl. The quantitative estimate of drug-likeness (QED) is 0.643. The normalized spacial score (nSPS) is 10.7. The second kappa shape index (κ2) is 7.95. The summed E-state index contributed by atoms with van der Waals surface area (Å²) in [6, 6.07) is 11.0. The summed E-state index contributed by atoms with van der Waals surface area (Å²) < 4.78 is 13.0. The van der Waals surface area contributed by atoms with Gasteiger partial charge in [0.15, 0.2) is 0 Å². The molecule has 0 unspecified atom stereocenters. The molecule has 0 aliphatic heterocycles. The van der Waals surface area contributed by atoms with Crippen molar-refractivity contribution in [3.05, 3.63) is 75.0 Å². The van der Waals surface area contributed by atoms with Crippen molar-refractivity contribution in [2.24, 2.45) is 0 Å². The predicted octanol–water partition coefficient (Wildman–Crippen LogP) is 5.23. The highest BCUT2D eigenvalue weighted by Crippen LogP contribution is 2.24. The van der Waals surface area contributed by atoms with Gasteiger partial charge in [-0.15, -0.1) is 11.3 Å². The van der Waals surface area contributed by atoms with E-state index < -0.39 is 0 Å². The maximum Gasteiger partial charge on any atom is 0.252 e. The Morgan fingerprint density at radius 1 is 1.16 bits per heavy atom. The summed E-state index contributed by atoms with van der Waals surface area (Å²) >= 11 is 13.4. The summed E-state index contributed by atoms with van der Waals surface area (Å²) in [5.41, 5.74) is 2.08. The molecule has 3 nitrogen and oxygen atoms in total. The molecule has 0 atom stereocenters. The van der Waals surface area contributed by atoms with E-state index in [9.17, 15) is 9.18 Å². The lowest BCUT2D eigenvalue weighted by Gasteiger charge is -2.06. The number of benzene rings is 2. The van der Waals surface area contributed by atoms with Gasteiger partial charge in [0.1, 0.15) is 10.8 Å². The fraction of sp³-hybridized carbons (Fsp3) is 0.111. The van der Waals surface area contributed by atoms with E-state index in [4.69, 9.17) is 23.2 Å². The number of nitrogens with one attached hydrogen (secondary N) is 1. The van der Waals surface area contributed by atoms with E-state index in [1.165, 1.54) is 29.5 Å². The van der Waals surface area contributed by atoms with Crippen LogP contribution in [-0.2, 0) is 6.42 Å². The zero-order chi connectivity index (χ0) is 17.8. The van der Waals surface area contributed by atoms with E-state index in [0.717, 1.165) is 16.3 Å². The largest absolute Gasteiger partial charge is 0.352 e. The summed E-state index contributed by atoms with van der Waals surface area (Å²) in [7, 11) is 0. The zero-order valence-corrected chi connectivity index (χ0v) is 15.3. The predicted molar refractivity (Wildman–Crippen MR) is 100 cm³/mol. The molecular formula is C18H13Cl2FN2OS. The Bertz CT molecular complexity index is 896. The summed E-state index contributed by atoms with van der Waals surface area (Å²) in [4.78, 5) is 16.7. The summed E-state index contributed by atoms with van der Waals surface area (Å²) in [5, 5.41) is 6.36. The molecule has 0 saturated carbocycles. The number of aromatic nitrogens is 1. The van der Waals surface area contributed by atoms with Crippen molar-refractivity contribution < 1.29 is 9.18 Å². The van der Waals surface area contributed by atoms with Crippen LogP contribution in [-0.4, -0.2) is 17.4 Å². The first-order valence-corrected chi connectivity index (χ1v) is 9.10. The second-order valence-electron chi connectivity index (χ2n) is 5.28. The third-order valence-electron chi connectivity index (χ3n) is 3.48. The molecule has 0 saturated heterocycles. The molecule has 3 rings (SSSR count). The van der Waals surface area contributed by atoms with Crippen LogP contribution in [0.1, 0.15) is 16.1 Å². The molecule has 0 fully saturated rings. The van der Waals surface area contributed by atoms with Gasteiger partial charge in [-0.05, 0) is 42.5 Å².